The Hall–Kier alpha value is -3.19. The summed E-state index contributed by atoms with van der Waals surface area (Å²) in [5.74, 6) is -4.16. The van der Waals surface area contributed by atoms with E-state index in [2.05, 4.69) is 4.84 Å². The number of fused-ring (bicyclic) bond motifs is 5. The summed E-state index contributed by atoms with van der Waals surface area (Å²) in [6, 6.07) is 0. The first-order valence-corrected chi connectivity index (χ1v) is 15.2. The van der Waals surface area contributed by atoms with Gasteiger partial charge in [-0.15, -0.1) is 10.1 Å². The third-order valence-electron chi connectivity index (χ3n) is 10.6. The quantitative estimate of drug-likeness (QED) is 0.105. The van der Waals surface area contributed by atoms with Crippen LogP contribution in [0.2, 0.25) is 0 Å². The summed E-state index contributed by atoms with van der Waals surface area (Å²) in [7, 11) is 0. The zero-order chi connectivity index (χ0) is 32.5. The van der Waals surface area contributed by atoms with Gasteiger partial charge in [0.1, 0.15) is 13.2 Å². The molecule has 1 unspecified atom stereocenters. The van der Waals surface area contributed by atoms with E-state index < -0.39 is 88.6 Å². The highest BCUT2D eigenvalue weighted by Gasteiger charge is 2.77. The largest absolute Gasteiger partial charge is 0.456 e. The molecule has 0 aliphatic heterocycles. The summed E-state index contributed by atoms with van der Waals surface area (Å²) in [5.41, 5.74) is -5.74. The van der Waals surface area contributed by atoms with Gasteiger partial charge in [-0.1, -0.05) is 44.9 Å². The first-order valence-electron chi connectivity index (χ1n) is 15.2. The molecule has 4 aliphatic rings. The van der Waals surface area contributed by atoms with E-state index in [0.717, 1.165) is 0 Å². The minimum absolute atomic E-state index is 0.0564. The van der Waals surface area contributed by atoms with E-state index in [1.165, 1.54) is 6.08 Å². The van der Waals surface area contributed by atoms with Gasteiger partial charge in [0.05, 0.1) is 12.7 Å². The molecule has 0 aromatic carbocycles. The number of unbranched alkanes of at least 4 members (excludes halogenated alkanes) is 1. The van der Waals surface area contributed by atoms with Gasteiger partial charge in [-0.05, 0) is 44.6 Å². The Kier molecular flexibility index (Phi) is 9.70. The lowest BCUT2D eigenvalue weighted by atomic mass is 9.45. The molecule has 44 heavy (non-hydrogen) atoms. The molecule has 244 valence electrons. The first-order chi connectivity index (χ1) is 20.7. The van der Waals surface area contributed by atoms with Crippen LogP contribution in [-0.2, 0) is 38.2 Å². The molecular weight excluding hydrogens is 581 g/mol. The van der Waals surface area contributed by atoms with Gasteiger partial charge in [0, 0.05) is 35.5 Å². The van der Waals surface area contributed by atoms with Crippen LogP contribution in [-0.4, -0.2) is 77.5 Å². The maximum atomic E-state index is 17.6. The summed E-state index contributed by atoms with van der Waals surface area (Å²) in [6.45, 7) is 5.11. The normalized spacial score (nSPS) is 37.2. The van der Waals surface area contributed by atoms with Crippen LogP contribution in [0, 0.1) is 38.7 Å². The fourth-order valence-corrected chi connectivity index (χ4v) is 8.48. The van der Waals surface area contributed by atoms with E-state index in [1.807, 2.05) is 13.0 Å². The second kappa shape index (κ2) is 12.7. The molecule has 0 radical (unpaired) electrons. The van der Waals surface area contributed by atoms with Crippen LogP contribution in [0.3, 0.4) is 0 Å². The van der Waals surface area contributed by atoms with Gasteiger partial charge < -0.3 is 24.2 Å². The van der Waals surface area contributed by atoms with Crippen molar-refractivity contribution < 1.29 is 52.8 Å². The number of alkyl halides is 1. The number of rotatable bonds is 13. The minimum atomic E-state index is -2.13. The number of halogens is 1. The molecule has 12 nitrogen and oxygen atoms in total. The smallest absolute Gasteiger partial charge is 0.332 e. The van der Waals surface area contributed by atoms with Crippen molar-refractivity contribution in [3.05, 3.63) is 33.9 Å². The third-order valence-corrected chi connectivity index (χ3v) is 10.6. The van der Waals surface area contributed by atoms with E-state index in [4.69, 9.17) is 14.2 Å². The van der Waals surface area contributed by atoms with E-state index in [0.29, 0.717) is 24.8 Å². The Morgan fingerprint density at radius 3 is 2.57 bits per heavy atom. The van der Waals surface area contributed by atoms with E-state index in [1.54, 1.807) is 26.8 Å². The Morgan fingerprint density at radius 1 is 1.16 bits per heavy atom. The molecule has 0 aromatic rings. The van der Waals surface area contributed by atoms with Crippen molar-refractivity contribution in [2.45, 2.75) is 90.0 Å². The zero-order valence-electron chi connectivity index (χ0n) is 25.7. The second-order valence-electron chi connectivity index (χ2n) is 12.9. The van der Waals surface area contributed by atoms with E-state index >= 15 is 4.39 Å². The number of carbonyl (C=O) groups is 4. The van der Waals surface area contributed by atoms with Gasteiger partial charge in [0.25, 0.3) is 5.09 Å². The van der Waals surface area contributed by atoms with Crippen LogP contribution in [0.15, 0.2) is 23.8 Å². The lowest BCUT2D eigenvalue weighted by Gasteiger charge is -2.62. The summed E-state index contributed by atoms with van der Waals surface area (Å²) in [6.07, 6.45) is 4.99. The van der Waals surface area contributed by atoms with Crippen LogP contribution < -0.4 is 0 Å². The molecule has 0 bridgehead atoms. The third kappa shape index (κ3) is 5.46. The molecule has 0 heterocycles. The summed E-state index contributed by atoms with van der Waals surface area (Å²) in [4.78, 5) is 66.2. The van der Waals surface area contributed by atoms with Gasteiger partial charge in [0.2, 0.25) is 5.78 Å². The summed E-state index contributed by atoms with van der Waals surface area (Å²) < 4.78 is 33.9. The Balaban J connectivity index is 1.63. The van der Waals surface area contributed by atoms with E-state index in [9.17, 15) is 34.4 Å². The van der Waals surface area contributed by atoms with Crippen LogP contribution in [0.1, 0.15) is 72.6 Å². The lowest BCUT2D eigenvalue weighted by Crippen LogP contribution is -2.69. The SMILES string of the molecule is CCCCC(=O)O[C@]1(C(=O)COC(=O)COCCO[N+](=O)[O-])[C@@H](C)C[C@H]2C3CC=C4CC(=O)C=C[C@]4(C)[C@@]3(F)[C@@H](O)C[C@@]21C. The minimum Gasteiger partial charge on any atom is -0.456 e. The van der Waals surface area contributed by atoms with Crippen LogP contribution >= 0.6 is 0 Å². The molecule has 4 rings (SSSR count). The fraction of sp³-hybridized carbons (Fsp3) is 0.742. The number of esters is 2. The second-order valence-corrected chi connectivity index (χ2v) is 12.9. The molecule has 4 aliphatic carbocycles. The number of carbonyl (C=O) groups excluding carboxylic acids is 4. The molecule has 1 N–H and O–H groups in total. The Morgan fingerprint density at radius 2 is 1.89 bits per heavy atom. The van der Waals surface area contributed by atoms with Crippen molar-refractivity contribution in [2.75, 3.05) is 26.4 Å². The summed E-state index contributed by atoms with van der Waals surface area (Å²) >= 11 is 0. The van der Waals surface area contributed by atoms with Gasteiger partial charge >= 0.3 is 11.9 Å². The number of allylic oxidation sites excluding steroid dienone is 4. The molecule has 13 heteroatoms. The number of ether oxygens (including phenoxy) is 3. The maximum absolute atomic E-state index is 17.6. The predicted molar refractivity (Wildman–Crippen MR) is 151 cm³/mol. The molecule has 2 fully saturated rings. The summed E-state index contributed by atoms with van der Waals surface area (Å²) in [5, 5.41) is 20.9. The highest BCUT2D eigenvalue weighted by atomic mass is 19.1. The fourth-order valence-electron chi connectivity index (χ4n) is 8.48. The van der Waals surface area contributed by atoms with Crippen molar-refractivity contribution in [1.82, 2.24) is 0 Å². The molecule has 0 aromatic heterocycles. The predicted octanol–water partition coefficient (Wildman–Crippen LogP) is 3.41. The van der Waals surface area contributed by atoms with Crippen LogP contribution in [0.25, 0.3) is 0 Å². The molecular formula is C31H42FNO11. The molecule has 2 saturated carbocycles. The number of aliphatic hydroxyl groups excluding tert-OH is 1. The van der Waals surface area contributed by atoms with Crippen molar-refractivity contribution in [3.63, 3.8) is 0 Å². The number of hydrogen-bond acceptors (Lipinski definition) is 11. The number of hydrogen-bond donors (Lipinski definition) is 1. The van der Waals surface area contributed by atoms with Gasteiger partial charge in [-0.25, -0.2) is 9.18 Å². The highest BCUT2D eigenvalue weighted by molar-refractivity contribution is 5.94. The number of ketones is 2. The highest BCUT2D eigenvalue weighted by Crippen LogP contribution is 2.71. The monoisotopic (exact) mass is 623 g/mol. The molecule has 0 saturated heterocycles. The Labute approximate surface area is 255 Å². The average Bonchev–Trinajstić information content (AvgIpc) is 3.17. The van der Waals surface area contributed by atoms with Gasteiger partial charge in [0.15, 0.2) is 23.7 Å². The maximum Gasteiger partial charge on any atom is 0.332 e. The van der Waals surface area contributed by atoms with Crippen molar-refractivity contribution in [1.29, 1.82) is 0 Å². The number of Topliss-reactive ketones (excluding diaryl/α,β-unsaturated/α-hetero) is 1. The lowest BCUT2D eigenvalue weighted by molar-refractivity contribution is -0.758. The van der Waals surface area contributed by atoms with E-state index in [-0.39, 0.29) is 38.1 Å². The molecule has 0 amide bonds. The van der Waals surface area contributed by atoms with Crippen LogP contribution in [0.4, 0.5) is 4.39 Å². The average molecular weight is 624 g/mol. The number of nitrogens with zero attached hydrogens (tertiary/aromatic N) is 1. The first kappa shape index (κ1) is 33.7. The topological polar surface area (TPSA) is 169 Å². The van der Waals surface area contributed by atoms with Gasteiger partial charge in [-0.3, -0.25) is 14.4 Å². The van der Waals surface area contributed by atoms with Crippen LogP contribution in [0.5, 0.6) is 0 Å². The molecule has 0 spiro atoms. The number of aliphatic hydroxyl groups is 1. The van der Waals surface area contributed by atoms with Gasteiger partial charge in [-0.2, -0.15) is 0 Å². The van der Waals surface area contributed by atoms with Crippen molar-refractivity contribution >= 4 is 23.5 Å². The van der Waals surface area contributed by atoms with Crippen molar-refractivity contribution in [3.8, 4) is 0 Å². The molecule has 8 atom stereocenters. The zero-order valence-corrected chi connectivity index (χ0v) is 25.7. The van der Waals surface area contributed by atoms with Crippen molar-refractivity contribution in [2.24, 2.45) is 28.6 Å². The Bertz CT molecular complexity index is 1250. The standard InChI is InChI=1S/C31H42FNO11/c1-5-6-7-26(37)44-31(25(36)17-42-27(38)18-41-12-13-43-33(39)40)19(2)14-23-22-9-8-20-15-21(34)10-11-28(20,3)30(22,32)24(35)16-29(23,31)4/h8,10-11,19,22-24,35H,5-7,9,12-18H2,1-4H3/t19-,22?,23-,24-,28-,29-,30-,31-/m0/s1.